The maximum Gasteiger partial charge on any atom is 0.239 e. The number of nitriles is 1. The molecule has 0 radical (unpaired) electrons. The Labute approximate surface area is 108 Å². The van der Waals surface area contributed by atoms with Gasteiger partial charge in [-0.25, -0.2) is 0 Å². The zero-order valence-corrected chi connectivity index (χ0v) is 11.1. The van der Waals surface area contributed by atoms with Crippen LogP contribution in [0.4, 0.5) is 5.69 Å². The summed E-state index contributed by atoms with van der Waals surface area (Å²) in [5.74, 6) is -0.0745. The van der Waals surface area contributed by atoms with Crippen LogP contribution in [0.2, 0.25) is 0 Å². The maximum absolute atomic E-state index is 11.7. The quantitative estimate of drug-likeness (QED) is 0.836. The SMILES string of the molecule is CCC(C)(C)NC(=O)CNc1ccccc1C#N. The second-order valence-corrected chi connectivity index (χ2v) is 4.80. The van der Waals surface area contributed by atoms with E-state index in [1.165, 1.54) is 0 Å². The summed E-state index contributed by atoms with van der Waals surface area (Å²) in [6.45, 7) is 6.16. The Morgan fingerprint density at radius 3 is 2.67 bits per heavy atom. The monoisotopic (exact) mass is 245 g/mol. The largest absolute Gasteiger partial charge is 0.375 e. The van der Waals surface area contributed by atoms with E-state index in [0.29, 0.717) is 11.3 Å². The molecule has 1 rings (SSSR count). The molecule has 0 unspecified atom stereocenters. The minimum Gasteiger partial charge on any atom is -0.375 e. The molecule has 0 saturated carbocycles. The Kier molecular flexibility index (Phi) is 4.73. The van der Waals surface area contributed by atoms with Crippen molar-refractivity contribution < 1.29 is 4.79 Å². The van der Waals surface area contributed by atoms with E-state index in [4.69, 9.17) is 5.26 Å². The Morgan fingerprint density at radius 1 is 1.39 bits per heavy atom. The normalized spacial score (nSPS) is 10.6. The fourth-order valence-electron chi connectivity index (χ4n) is 1.42. The van der Waals surface area contributed by atoms with Crippen LogP contribution in [0.1, 0.15) is 32.8 Å². The number of amides is 1. The van der Waals surface area contributed by atoms with Gasteiger partial charge in [-0.1, -0.05) is 19.1 Å². The predicted molar refractivity (Wildman–Crippen MR) is 72.2 cm³/mol. The molecule has 18 heavy (non-hydrogen) atoms. The number of nitrogens with zero attached hydrogens (tertiary/aromatic N) is 1. The summed E-state index contributed by atoms with van der Waals surface area (Å²) in [5, 5.41) is 14.8. The van der Waals surface area contributed by atoms with Gasteiger partial charge in [0.05, 0.1) is 17.8 Å². The van der Waals surface area contributed by atoms with Gasteiger partial charge < -0.3 is 10.6 Å². The molecule has 1 aromatic rings. The molecule has 0 aromatic heterocycles. The number of nitrogens with one attached hydrogen (secondary N) is 2. The van der Waals surface area contributed by atoms with Crippen LogP contribution in [-0.2, 0) is 4.79 Å². The summed E-state index contributed by atoms with van der Waals surface area (Å²) in [6, 6.07) is 9.22. The van der Waals surface area contributed by atoms with Crippen LogP contribution in [0.25, 0.3) is 0 Å². The molecule has 4 nitrogen and oxygen atoms in total. The van der Waals surface area contributed by atoms with E-state index in [-0.39, 0.29) is 18.0 Å². The highest BCUT2D eigenvalue weighted by Crippen LogP contribution is 2.13. The number of anilines is 1. The molecule has 1 amide bonds. The Bertz CT molecular complexity index is 460. The third kappa shape index (κ3) is 4.10. The molecule has 0 heterocycles. The predicted octanol–water partition coefficient (Wildman–Crippen LogP) is 2.27. The third-order valence-corrected chi connectivity index (χ3v) is 2.85. The summed E-state index contributed by atoms with van der Waals surface area (Å²) in [7, 11) is 0. The first-order valence-corrected chi connectivity index (χ1v) is 6.02. The average Bonchev–Trinajstić information content (AvgIpc) is 2.36. The molecule has 0 fully saturated rings. The molecule has 0 saturated heterocycles. The molecule has 2 N–H and O–H groups in total. The van der Waals surface area contributed by atoms with Crippen molar-refractivity contribution >= 4 is 11.6 Å². The lowest BCUT2D eigenvalue weighted by Gasteiger charge is -2.24. The van der Waals surface area contributed by atoms with Gasteiger partial charge in [-0.2, -0.15) is 5.26 Å². The van der Waals surface area contributed by atoms with Crippen LogP contribution < -0.4 is 10.6 Å². The molecule has 96 valence electrons. The summed E-state index contributed by atoms with van der Waals surface area (Å²) in [4.78, 5) is 11.7. The highest BCUT2D eigenvalue weighted by atomic mass is 16.2. The van der Waals surface area contributed by atoms with E-state index in [1.807, 2.05) is 26.8 Å². The highest BCUT2D eigenvalue weighted by Gasteiger charge is 2.17. The maximum atomic E-state index is 11.7. The number of benzene rings is 1. The van der Waals surface area contributed by atoms with Gasteiger partial charge in [-0.15, -0.1) is 0 Å². The van der Waals surface area contributed by atoms with Gasteiger partial charge in [0.1, 0.15) is 6.07 Å². The minimum atomic E-state index is -0.201. The lowest BCUT2D eigenvalue weighted by atomic mass is 10.0. The summed E-state index contributed by atoms with van der Waals surface area (Å²) in [5.41, 5.74) is 1.03. The van der Waals surface area contributed by atoms with Crippen LogP contribution in [0, 0.1) is 11.3 Å². The van der Waals surface area contributed by atoms with Gasteiger partial charge in [0.2, 0.25) is 5.91 Å². The number of carbonyl (C=O) groups excluding carboxylic acids is 1. The molecule has 0 aliphatic rings. The molecule has 4 heteroatoms. The van der Waals surface area contributed by atoms with Crippen molar-refractivity contribution in [3.05, 3.63) is 29.8 Å². The molecule has 0 bridgehead atoms. The van der Waals surface area contributed by atoms with Crippen LogP contribution in [0.5, 0.6) is 0 Å². The standard InChI is InChI=1S/C14H19N3O/c1-4-14(2,3)17-13(18)10-16-12-8-6-5-7-11(12)9-15/h5-8,16H,4,10H2,1-3H3,(H,17,18). The van der Waals surface area contributed by atoms with E-state index in [1.54, 1.807) is 18.2 Å². The van der Waals surface area contributed by atoms with Gasteiger partial charge in [-0.05, 0) is 32.4 Å². The molecule has 0 atom stereocenters. The fraction of sp³-hybridized carbons (Fsp3) is 0.429. The summed E-state index contributed by atoms with van der Waals surface area (Å²) < 4.78 is 0. The van der Waals surface area contributed by atoms with Crippen molar-refractivity contribution in [2.75, 3.05) is 11.9 Å². The number of rotatable bonds is 5. The van der Waals surface area contributed by atoms with Crippen molar-refractivity contribution in [2.24, 2.45) is 0 Å². The van der Waals surface area contributed by atoms with E-state index < -0.39 is 0 Å². The van der Waals surface area contributed by atoms with E-state index in [0.717, 1.165) is 6.42 Å². The van der Waals surface area contributed by atoms with Crippen molar-refractivity contribution in [3.8, 4) is 6.07 Å². The Balaban J connectivity index is 2.56. The molecular weight excluding hydrogens is 226 g/mol. The van der Waals surface area contributed by atoms with Gasteiger partial charge in [0.15, 0.2) is 0 Å². The second kappa shape index (κ2) is 6.06. The van der Waals surface area contributed by atoms with Crippen LogP contribution in [-0.4, -0.2) is 18.0 Å². The van der Waals surface area contributed by atoms with Crippen molar-refractivity contribution in [3.63, 3.8) is 0 Å². The number of hydrogen-bond donors (Lipinski definition) is 2. The van der Waals surface area contributed by atoms with Gasteiger partial charge in [0.25, 0.3) is 0 Å². The van der Waals surface area contributed by atoms with Crippen molar-refractivity contribution in [1.82, 2.24) is 5.32 Å². The number of hydrogen-bond acceptors (Lipinski definition) is 3. The fourth-order valence-corrected chi connectivity index (χ4v) is 1.42. The lowest BCUT2D eigenvalue weighted by Crippen LogP contribution is -2.45. The third-order valence-electron chi connectivity index (χ3n) is 2.85. The molecule has 0 spiro atoms. The van der Waals surface area contributed by atoms with Crippen molar-refractivity contribution in [1.29, 1.82) is 5.26 Å². The van der Waals surface area contributed by atoms with Crippen LogP contribution in [0.3, 0.4) is 0 Å². The Morgan fingerprint density at radius 2 is 2.06 bits per heavy atom. The molecule has 0 aliphatic heterocycles. The zero-order chi connectivity index (χ0) is 13.6. The lowest BCUT2D eigenvalue weighted by molar-refractivity contribution is -0.121. The van der Waals surface area contributed by atoms with E-state index in [2.05, 4.69) is 16.7 Å². The van der Waals surface area contributed by atoms with E-state index >= 15 is 0 Å². The van der Waals surface area contributed by atoms with Gasteiger partial charge in [0, 0.05) is 5.54 Å². The van der Waals surface area contributed by atoms with Gasteiger partial charge >= 0.3 is 0 Å². The van der Waals surface area contributed by atoms with Crippen LogP contribution >= 0.6 is 0 Å². The van der Waals surface area contributed by atoms with Crippen molar-refractivity contribution in [2.45, 2.75) is 32.7 Å². The Hall–Kier alpha value is -2.02. The minimum absolute atomic E-state index is 0.0745. The topological polar surface area (TPSA) is 64.9 Å². The highest BCUT2D eigenvalue weighted by molar-refractivity contribution is 5.81. The second-order valence-electron chi connectivity index (χ2n) is 4.80. The molecule has 0 aliphatic carbocycles. The zero-order valence-electron chi connectivity index (χ0n) is 11.1. The first-order chi connectivity index (χ1) is 8.48. The molecule has 1 aromatic carbocycles. The number of para-hydroxylation sites is 1. The number of carbonyl (C=O) groups is 1. The first kappa shape index (κ1) is 14.0. The van der Waals surface area contributed by atoms with Crippen LogP contribution in [0.15, 0.2) is 24.3 Å². The van der Waals surface area contributed by atoms with Gasteiger partial charge in [-0.3, -0.25) is 4.79 Å². The van der Waals surface area contributed by atoms with E-state index in [9.17, 15) is 4.79 Å². The summed E-state index contributed by atoms with van der Waals surface area (Å²) >= 11 is 0. The average molecular weight is 245 g/mol. The first-order valence-electron chi connectivity index (χ1n) is 6.02. The molecular formula is C14H19N3O. The smallest absolute Gasteiger partial charge is 0.239 e. The summed E-state index contributed by atoms with van der Waals surface area (Å²) in [6.07, 6.45) is 0.869.